The zero-order valence-corrected chi connectivity index (χ0v) is 10.4. The molecule has 1 heterocycles. The maximum atomic E-state index is 11.5. The summed E-state index contributed by atoms with van der Waals surface area (Å²) in [5.74, 6) is 0. The highest BCUT2D eigenvalue weighted by molar-refractivity contribution is 4.83. The number of H-pyrrole nitrogens is 1. The van der Waals surface area contributed by atoms with E-state index in [-0.39, 0.29) is 6.61 Å². The molecule has 18 heavy (non-hydrogen) atoms. The minimum Gasteiger partial charge on any atom is -0.394 e. The fraction of sp³-hybridized carbons (Fsp3) is 0.636. The maximum Gasteiger partial charge on any atom is 0.330 e. The van der Waals surface area contributed by atoms with Crippen LogP contribution in [0.4, 0.5) is 0 Å². The minimum atomic E-state index is -0.809. The van der Waals surface area contributed by atoms with Crippen LogP contribution in [-0.2, 0) is 4.74 Å². The molecule has 1 aromatic rings. The van der Waals surface area contributed by atoms with Gasteiger partial charge in [-0.05, 0) is 13.3 Å². The lowest BCUT2D eigenvalue weighted by Crippen LogP contribution is -2.37. The third kappa shape index (κ3) is 3.52. The molecule has 0 saturated heterocycles. The Labute approximate surface area is 104 Å². The molecule has 0 aliphatic rings. The summed E-state index contributed by atoms with van der Waals surface area (Å²) in [6, 6.07) is 1.20. The van der Waals surface area contributed by atoms with Crippen LogP contribution in [0.15, 0.2) is 21.9 Å². The Balaban J connectivity index is 2.84. The normalized spacial score (nSPS) is 16.2. The fourth-order valence-electron chi connectivity index (χ4n) is 1.55. The molecular formula is C11H18N2O5. The van der Waals surface area contributed by atoms with Gasteiger partial charge in [-0.15, -0.1) is 0 Å². The Kier molecular flexibility index (Phi) is 5.26. The first-order valence-electron chi connectivity index (χ1n) is 5.75. The summed E-state index contributed by atoms with van der Waals surface area (Å²) in [5, 5.41) is 18.7. The molecule has 0 fully saturated rings. The molecule has 0 bridgehead atoms. The summed E-state index contributed by atoms with van der Waals surface area (Å²) in [7, 11) is 0. The lowest BCUT2D eigenvalue weighted by atomic mass is 10.1. The van der Waals surface area contributed by atoms with E-state index in [4.69, 9.17) is 9.84 Å². The van der Waals surface area contributed by atoms with Crippen LogP contribution >= 0.6 is 0 Å². The van der Waals surface area contributed by atoms with Gasteiger partial charge in [0.05, 0.1) is 12.7 Å². The van der Waals surface area contributed by atoms with E-state index in [0.29, 0.717) is 6.42 Å². The Morgan fingerprint density at radius 1 is 1.50 bits per heavy atom. The molecule has 0 amide bonds. The van der Waals surface area contributed by atoms with Crippen LogP contribution in [0.5, 0.6) is 0 Å². The van der Waals surface area contributed by atoms with Gasteiger partial charge in [0.15, 0.2) is 0 Å². The predicted octanol–water partition coefficient (Wildman–Crippen LogP) is -0.797. The third-order valence-electron chi connectivity index (χ3n) is 2.64. The van der Waals surface area contributed by atoms with Crippen molar-refractivity contribution < 1.29 is 14.9 Å². The first-order valence-corrected chi connectivity index (χ1v) is 5.75. The van der Waals surface area contributed by atoms with Crippen LogP contribution in [-0.4, -0.2) is 38.6 Å². The number of aliphatic hydroxyl groups is 2. The van der Waals surface area contributed by atoms with Crippen molar-refractivity contribution in [1.82, 2.24) is 9.55 Å². The van der Waals surface area contributed by atoms with Crippen molar-refractivity contribution in [3.63, 3.8) is 0 Å². The third-order valence-corrected chi connectivity index (χ3v) is 2.64. The van der Waals surface area contributed by atoms with Gasteiger partial charge in [-0.25, -0.2) is 4.79 Å². The zero-order valence-electron chi connectivity index (χ0n) is 10.4. The molecule has 0 saturated carbocycles. The second kappa shape index (κ2) is 6.48. The topological polar surface area (TPSA) is 105 Å². The number of rotatable bonds is 6. The van der Waals surface area contributed by atoms with Crippen molar-refractivity contribution in [2.75, 3.05) is 6.61 Å². The number of aromatic amines is 1. The highest BCUT2D eigenvalue weighted by Gasteiger charge is 2.21. The molecule has 0 spiro atoms. The summed E-state index contributed by atoms with van der Waals surface area (Å²) in [4.78, 5) is 24.5. The van der Waals surface area contributed by atoms with Crippen molar-refractivity contribution in [2.24, 2.45) is 0 Å². The summed E-state index contributed by atoms with van der Waals surface area (Å²) in [6.07, 6.45) is -0.552. The number of hydrogen-bond donors (Lipinski definition) is 3. The van der Waals surface area contributed by atoms with Gasteiger partial charge in [0.1, 0.15) is 12.3 Å². The van der Waals surface area contributed by atoms with Gasteiger partial charge in [0, 0.05) is 12.3 Å². The quantitative estimate of drug-likeness (QED) is 0.620. The Bertz CT molecular complexity index is 481. The highest BCUT2D eigenvalue weighted by Crippen LogP contribution is 2.11. The van der Waals surface area contributed by atoms with Crippen molar-refractivity contribution >= 4 is 0 Å². The molecular weight excluding hydrogens is 240 g/mol. The van der Waals surface area contributed by atoms with E-state index >= 15 is 0 Å². The smallest absolute Gasteiger partial charge is 0.330 e. The molecule has 0 aliphatic carbocycles. The summed E-state index contributed by atoms with van der Waals surface area (Å²) in [5.41, 5.74) is -1.09. The van der Waals surface area contributed by atoms with Gasteiger partial charge in [0.2, 0.25) is 0 Å². The summed E-state index contributed by atoms with van der Waals surface area (Å²) >= 11 is 0. The predicted molar refractivity (Wildman–Crippen MR) is 64.3 cm³/mol. The van der Waals surface area contributed by atoms with Gasteiger partial charge in [-0.2, -0.15) is 0 Å². The van der Waals surface area contributed by atoms with E-state index in [1.165, 1.54) is 16.8 Å². The van der Waals surface area contributed by atoms with Crippen molar-refractivity contribution in [3.05, 3.63) is 33.1 Å². The number of nitrogens with one attached hydrogen (secondary N) is 1. The molecule has 0 radical (unpaired) electrons. The standard InChI is InChI=1S/C11H18N2O5/c1-3-8(15)9(6-14)18-7(2)13-5-4-10(16)12-11(13)17/h4-5,7-9,14-15H,3,6H2,1-2H3,(H,12,16,17). The van der Waals surface area contributed by atoms with Crippen LogP contribution in [0.25, 0.3) is 0 Å². The van der Waals surface area contributed by atoms with E-state index in [0.717, 1.165) is 0 Å². The van der Waals surface area contributed by atoms with Crippen molar-refractivity contribution in [1.29, 1.82) is 0 Å². The first kappa shape index (κ1) is 14.6. The molecule has 1 aromatic heterocycles. The largest absolute Gasteiger partial charge is 0.394 e. The van der Waals surface area contributed by atoms with Gasteiger partial charge in [-0.3, -0.25) is 14.3 Å². The van der Waals surface area contributed by atoms with Gasteiger partial charge in [-0.1, -0.05) is 6.92 Å². The number of nitrogens with zero attached hydrogens (tertiary/aromatic N) is 1. The molecule has 3 atom stereocenters. The molecule has 0 aromatic carbocycles. The molecule has 3 unspecified atom stereocenters. The van der Waals surface area contributed by atoms with Gasteiger partial charge >= 0.3 is 5.69 Å². The highest BCUT2D eigenvalue weighted by atomic mass is 16.5. The van der Waals surface area contributed by atoms with E-state index in [1.54, 1.807) is 13.8 Å². The molecule has 1 rings (SSSR count). The minimum absolute atomic E-state index is 0.350. The van der Waals surface area contributed by atoms with Crippen molar-refractivity contribution in [3.8, 4) is 0 Å². The Morgan fingerprint density at radius 2 is 2.17 bits per heavy atom. The first-order chi connectivity index (χ1) is 8.49. The van der Waals surface area contributed by atoms with Crippen LogP contribution in [0.3, 0.4) is 0 Å². The Morgan fingerprint density at radius 3 is 2.67 bits per heavy atom. The number of aliphatic hydroxyl groups excluding tert-OH is 2. The number of hydrogen-bond acceptors (Lipinski definition) is 5. The van der Waals surface area contributed by atoms with E-state index < -0.39 is 29.7 Å². The molecule has 0 aliphatic heterocycles. The fourth-order valence-corrected chi connectivity index (χ4v) is 1.55. The average molecular weight is 258 g/mol. The second-order valence-corrected chi connectivity index (χ2v) is 3.95. The summed E-state index contributed by atoms with van der Waals surface area (Å²) in [6.45, 7) is 3.00. The molecule has 3 N–H and O–H groups in total. The van der Waals surface area contributed by atoms with Gasteiger partial charge in [0.25, 0.3) is 5.56 Å². The summed E-state index contributed by atoms with van der Waals surface area (Å²) < 4.78 is 6.57. The SMILES string of the molecule is CCC(O)C(CO)OC(C)n1ccc(=O)[nH]c1=O. The van der Waals surface area contributed by atoms with E-state index in [2.05, 4.69) is 4.98 Å². The van der Waals surface area contributed by atoms with E-state index in [1.807, 2.05) is 0 Å². The zero-order chi connectivity index (χ0) is 13.7. The maximum absolute atomic E-state index is 11.5. The van der Waals surface area contributed by atoms with Crippen LogP contribution in [0.1, 0.15) is 26.5 Å². The van der Waals surface area contributed by atoms with Crippen LogP contribution in [0.2, 0.25) is 0 Å². The Hall–Kier alpha value is -1.44. The van der Waals surface area contributed by atoms with E-state index in [9.17, 15) is 14.7 Å². The number of aromatic nitrogens is 2. The van der Waals surface area contributed by atoms with Crippen LogP contribution < -0.4 is 11.2 Å². The lowest BCUT2D eigenvalue weighted by Gasteiger charge is -2.25. The van der Waals surface area contributed by atoms with Gasteiger partial charge < -0.3 is 14.9 Å². The molecule has 7 nitrogen and oxygen atoms in total. The number of ether oxygens (including phenoxy) is 1. The lowest BCUT2D eigenvalue weighted by molar-refractivity contribution is -0.118. The average Bonchev–Trinajstić information content (AvgIpc) is 2.34. The molecule has 7 heteroatoms. The second-order valence-electron chi connectivity index (χ2n) is 3.95. The molecule has 102 valence electrons. The monoisotopic (exact) mass is 258 g/mol. The van der Waals surface area contributed by atoms with Crippen LogP contribution in [0, 0.1) is 0 Å². The van der Waals surface area contributed by atoms with Crippen molar-refractivity contribution in [2.45, 2.75) is 38.7 Å².